The number of nitrogens with zero attached hydrogens (tertiary/aromatic N) is 2. The molecule has 0 aromatic carbocycles. The summed E-state index contributed by atoms with van der Waals surface area (Å²) in [6.07, 6.45) is -4.46. The smallest absolute Gasteiger partial charge is 0.391 e. The average molecular weight is 261 g/mol. The molecule has 0 aliphatic carbocycles. The lowest BCUT2D eigenvalue weighted by atomic mass is 10.2. The van der Waals surface area contributed by atoms with Gasteiger partial charge in [0.1, 0.15) is 11.5 Å². The van der Waals surface area contributed by atoms with E-state index in [2.05, 4.69) is 4.98 Å². The van der Waals surface area contributed by atoms with E-state index in [1.807, 2.05) is 0 Å². The number of rotatable bonds is 2. The number of aliphatic hydroxyl groups is 1. The Hall–Kier alpha value is -1.34. The molecule has 0 spiro atoms. The number of hydrogen-bond acceptors (Lipinski definition) is 4. The van der Waals surface area contributed by atoms with Crippen molar-refractivity contribution in [3.8, 4) is 0 Å². The summed E-state index contributed by atoms with van der Waals surface area (Å²) in [5, 5.41) is 9.43. The van der Waals surface area contributed by atoms with Crippen LogP contribution in [-0.2, 0) is 12.7 Å². The number of aliphatic hydroxyl groups excluding tert-OH is 1. The summed E-state index contributed by atoms with van der Waals surface area (Å²) in [5.74, 6) is 0.226. The van der Waals surface area contributed by atoms with Crippen molar-refractivity contribution in [2.45, 2.75) is 25.2 Å². The molecule has 0 radical (unpaired) electrons. The van der Waals surface area contributed by atoms with Crippen molar-refractivity contribution in [1.82, 2.24) is 4.98 Å². The van der Waals surface area contributed by atoms with Crippen LogP contribution < -0.4 is 10.6 Å². The fourth-order valence-corrected chi connectivity index (χ4v) is 2.00. The molecule has 2 heterocycles. The van der Waals surface area contributed by atoms with Crippen molar-refractivity contribution >= 4 is 5.82 Å². The molecule has 18 heavy (non-hydrogen) atoms. The van der Waals surface area contributed by atoms with E-state index in [0.29, 0.717) is 25.1 Å². The van der Waals surface area contributed by atoms with E-state index in [1.165, 1.54) is 6.07 Å². The highest BCUT2D eigenvalue weighted by molar-refractivity contribution is 5.49. The van der Waals surface area contributed by atoms with Gasteiger partial charge in [-0.2, -0.15) is 13.2 Å². The van der Waals surface area contributed by atoms with Gasteiger partial charge in [0.15, 0.2) is 0 Å². The first-order valence-electron chi connectivity index (χ1n) is 5.62. The van der Waals surface area contributed by atoms with Gasteiger partial charge in [0.05, 0.1) is 6.10 Å². The molecule has 4 nitrogen and oxygen atoms in total. The predicted octanol–water partition coefficient (Wildman–Crippen LogP) is 1.13. The Labute approximate surface area is 102 Å². The molecule has 1 atom stereocenters. The van der Waals surface area contributed by atoms with Gasteiger partial charge in [0.2, 0.25) is 0 Å². The highest BCUT2D eigenvalue weighted by atomic mass is 19.4. The lowest BCUT2D eigenvalue weighted by Gasteiger charge is -2.21. The van der Waals surface area contributed by atoms with E-state index in [0.717, 1.165) is 6.07 Å². The Kier molecular flexibility index (Phi) is 3.45. The minimum Gasteiger partial charge on any atom is -0.391 e. The van der Waals surface area contributed by atoms with Crippen molar-refractivity contribution in [1.29, 1.82) is 0 Å². The van der Waals surface area contributed by atoms with E-state index in [1.54, 1.807) is 4.90 Å². The van der Waals surface area contributed by atoms with Crippen LogP contribution in [0.2, 0.25) is 0 Å². The summed E-state index contributed by atoms with van der Waals surface area (Å²) in [6, 6.07) is 2.27. The molecule has 0 saturated carbocycles. The molecule has 1 saturated heterocycles. The fourth-order valence-electron chi connectivity index (χ4n) is 2.00. The lowest BCUT2D eigenvalue weighted by molar-refractivity contribution is -0.141. The second kappa shape index (κ2) is 4.74. The largest absolute Gasteiger partial charge is 0.433 e. The highest BCUT2D eigenvalue weighted by Crippen LogP contribution is 2.31. The molecule has 1 aliphatic heterocycles. The Morgan fingerprint density at radius 3 is 2.67 bits per heavy atom. The summed E-state index contributed by atoms with van der Waals surface area (Å²) in [6.45, 7) is 0.900. The molecule has 0 amide bonds. The van der Waals surface area contributed by atoms with Crippen molar-refractivity contribution in [2.75, 3.05) is 18.0 Å². The minimum absolute atomic E-state index is 0.118. The van der Waals surface area contributed by atoms with Crippen LogP contribution in [0.1, 0.15) is 17.7 Å². The number of anilines is 1. The summed E-state index contributed by atoms with van der Waals surface area (Å²) in [7, 11) is 0. The number of β-amino-alcohol motifs (C(OH)–C–C–N with tert-alkyl or cyclic N) is 1. The zero-order valence-corrected chi connectivity index (χ0v) is 9.61. The Bertz CT molecular complexity index is 436. The quantitative estimate of drug-likeness (QED) is 0.837. The van der Waals surface area contributed by atoms with Crippen LogP contribution >= 0.6 is 0 Å². The summed E-state index contributed by atoms with van der Waals surface area (Å²) < 4.78 is 37.8. The van der Waals surface area contributed by atoms with Gasteiger partial charge in [0.25, 0.3) is 0 Å². The molecule has 1 fully saturated rings. The van der Waals surface area contributed by atoms with E-state index in [9.17, 15) is 18.3 Å². The van der Waals surface area contributed by atoms with Crippen LogP contribution in [0.5, 0.6) is 0 Å². The first kappa shape index (κ1) is 13.1. The second-order valence-corrected chi connectivity index (χ2v) is 4.27. The van der Waals surface area contributed by atoms with Gasteiger partial charge in [-0.05, 0) is 12.5 Å². The van der Waals surface area contributed by atoms with E-state index in [4.69, 9.17) is 5.73 Å². The van der Waals surface area contributed by atoms with E-state index >= 15 is 0 Å². The van der Waals surface area contributed by atoms with Gasteiger partial charge >= 0.3 is 6.18 Å². The zero-order valence-electron chi connectivity index (χ0n) is 9.61. The lowest BCUT2D eigenvalue weighted by Crippen LogP contribution is -2.25. The third-order valence-corrected chi connectivity index (χ3v) is 2.93. The second-order valence-electron chi connectivity index (χ2n) is 4.27. The van der Waals surface area contributed by atoms with E-state index < -0.39 is 18.0 Å². The summed E-state index contributed by atoms with van der Waals surface area (Å²) >= 11 is 0. The number of nitrogens with two attached hydrogens (primary N) is 1. The number of alkyl halides is 3. The molecule has 2 rings (SSSR count). The topological polar surface area (TPSA) is 62.4 Å². The van der Waals surface area contributed by atoms with Crippen LogP contribution in [-0.4, -0.2) is 29.3 Å². The van der Waals surface area contributed by atoms with Gasteiger partial charge in [-0.25, -0.2) is 4.98 Å². The van der Waals surface area contributed by atoms with Crippen molar-refractivity contribution in [3.63, 3.8) is 0 Å². The van der Waals surface area contributed by atoms with Crippen LogP contribution in [0.3, 0.4) is 0 Å². The highest BCUT2D eigenvalue weighted by Gasteiger charge is 2.34. The normalized spacial score (nSPS) is 20.5. The van der Waals surface area contributed by atoms with Gasteiger partial charge in [-0.1, -0.05) is 6.07 Å². The molecule has 1 aromatic rings. The van der Waals surface area contributed by atoms with Gasteiger partial charge < -0.3 is 15.7 Å². The number of aromatic nitrogens is 1. The minimum atomic E-state index is -4.47. The van der Waals surface area contributed by atoms with Crippen LogP contribution in [0, 0.1) is 0 Å². The Morgan fingerprint density at radius 2 is 2.17 bits per heavy atom. The molecule has 1 aliphatic rings. The number of pyridine rings is 1. The maximum Gasteiger partial charge on any atom is 0.433 e. The number of halogens is 3. The SMILES string of the molecule is NCc1ccc(C(F)(F)F)nc1N1CCC(O)C1. The third kappa shape index (κ3) is 2.56. The third-order valence-electron chi connectivity index (χ3n) is 2.93. The van der Waals surface area contributed by atoms with Gasteiger partial charge in [0, 0.05) is 25.2 Å². The van der Waals surface area contributed by atoms with Crippen molar-refractivity contribution in [2.24, 2.45) is 5.73 Å². The molecule has 1 unspecified atom stereocenters. The molecule has 1 aromatic heterocycles. The summed E-state index contributed by atoms with van der Waals surface area (Å²) in [4.78, 5) is 5.28. The van der Waals surface area contributed by atoms with Crippen LogP contribution in [0.15, 0.2) is 12.1 Å². The molecular formula is C11H14F3N3O. The van der Waals surface area contributed by atoms with Crippen LogP contribution in [0.4, 0.5) is 19.0 Å². The Balaban J connectivity index is 2.37. The summed E-state index contributed by atoms with van der Waals surface area (Å²) in [5.41, 5.74) is 5.12. The van der Waals surface area contributed by atoms with E-state index in [-0.39, 0.29) is 12.4 Å². The van der Waals surface area contributed by atoms with Crippen molar-refractivity contribution < 1.29 is 18.3 Å². The first-order valence-corrected chi connectivity index (χ1v) is 5.62. The van der Waals surface area contributed by atoms with Gasteiger partial charge in [-0.15, -0.1) is 0 Å². The number of hydrogen-bond donors (Lipinski definition) is 2. The molecule has 3 N–H and O–H groups in total. The predicted molar refractivity (Wildman–Crippen MR) is 60.0 cm³/mol. The van der Waals surface area contributed by atoms with Crippen LogP contribution in [0.25, 0.3) is 0 Å². The first-order chi connectivity index (χ1) is 8.41. The fraction of sp³-hybridized carbons (Fsp3) is 0.545. The zero-order chi connectivity index (χ0) is 13.3. The maximum atomic E-state index is 12.6. The van der Waals surface area contributed by atoms with Crippen molar-refractivity contribution in [3.05, 3.63) is 23.4 Å². The standard InChI is InChI=1S/C11H14F3N3O/c12-11(13,14)9-2-1-7(5-15)10(16-9)17-4-3-8(18)6-17/h1-2,8,18H,3-6,15H2. The molecular weight excluding hydrogens is 247 g/mol. The van der Waals surface area contributed by atoms with Gasteiger partial charge in [-0.3, -0.25) is 0 Å². The molecule has 100 valence electrons. The monoisotopic (exact) mass is 261 g/mol. The Morgan fingerprint density at radius 1 is 1.44 bits per heavy atom. The molecule has 7 heteroatoms. The molecule has 0 bridgehead atoms. The maximum absolute atomic E-state index is 12.6. The average Bonchev–Trinajstić information content (AvgIpc) is 2.73.